The second-order valence-electron chi connectivity index (χ2n) is 21.4. The van der Waals surface area contributed by atoms with Gasteiger partial charge in [-0.2, -0.15) is 0 Å². The molecule has 0 atom stereocenters. The molecule has 0 aliphatic rings. The fraction of sp³-hybridized carbons (Fsp3) is 0.755. The predicted octanol–water partition coefficient (Wildman–Crippen LogP) is 7.88. The first-order valence-corrected chi connectivity index (χ1v) is 25.2. The minimum absolute atomic E-state index is 0.0525. The van der Waals surface area contributed by atoms with Gasteiger partial charge in [0.1, 0.15) is 29.0 Å². The summed E-state index contributed by atoms with van der Waals surface area (Å²) in [5, 5.41) is 0. The summed E-state index contributed by atoms with van der Waals surface area (Å²) in [4.78, 5) is 93.8. The molecule has 17 heteroatoms. The van der Waals surface area contributed by atoms with E-state index in [2.05, 4.69) is 0 Å². The normalized spacial score (nSPS) is 12.2. The van der Waals surface area contributed by atoms with Gasteiger partial charge in [0.2, 0.25) is 0 Å². The highest BCUT2D eigenvalue weighted by Gasteiger charge is 2.22. The third kappa shape index (κ3) is 37.2. The molecule has 0 aliphatic carbocycles. The fourth-order valence-corrected chi connectivity index (χ4v) is 6.74. The van der Waals surface area contributed by atoms with Gasteiger partial charge in [0.25, 0.3) is 0 Å². The number of unbranched alkanes of at least 4 members (excludes halogenated alkanes) is 4. The lowest BCUT2D eigenvalue weighted by Gasteiger charge is -2.25. The van der Waals surface area contributed by atoms with Gasteiger partial charge in [-0.1, -0.05) is 18.2 Å². The van der Waals surface area contributed by atoms with Gasteiger partial charge < -0.3 is 43.0 Å². The van der Waals surface area contributed by atoms with E-state index in [4.69, 9.17) is 33.2 Å². The number of benzene rings is 1. The van der Waals surface area contributed by atoms with E-state index in [1.807, 2.05) is 97.8 Å². The Hall–Kier alpha value is -4.61. The molecule has 0 saturated heterocycles. The fourth-order valence-electron chi connectivity index (χ4n) is 6.74. The van der Waals surface area contributed by atoms with Gasteiger partial charge in [0.15, 0.2) is 0 Å². The van der Waals surface area contributed by atoms with E-state index in [9.17, 15) is 33.6 Å². The Labute approximate surface area is 419 Å². The minimum Gasteiger partial charge on any atom is -0.466 e. The largest absolute Gasteiger partial charge is 0.466 e. The molecule has 0 bridgehead atoms. The highest BCUT2D eigenvalue weighted by molar-refractivity contribution is 5.89. The van der Waals surface area contributed by atoms with Gasteiger partial charge in [-0.3, -0.25) is 33.7 Å². The second-order valence-corrected chi connectivity index (χ2v) is 21.4. The Morgan fingerprint density at radius 1 is 0.343 bits per heavy atom. The van der Waals surface area contributed by atoms with E-state index in [0.717, 1.165) is 25.7 Å². The van der Waals surface area contributed by atoms with Gasteiger partial charge in [-0.25, -0.2) is 4.79 Å². The SMILES string of the molecule is CC(C)(C)OC(=O)CCN(CCCCCOC(=O)CCN(CCOC(=O)c1ccccc1)CCC(=O)OCCCCCN(CCC(=O)OC(C)(C)C)CCC(=O)OC(C)(C)C)CCC(=O)OC(C)(C)C. The zero-order valence-corrected chi connectivity index (χ0v) is 44.9. The summed E-state index contributed by atoms with van der Waals surface area (Å²) in [5.41, 5.74) is -1.93. The summed E-state index contributed by atoms with van der Waals surface area (Å²) in [6, 6.07) is 8.63. The molecule has 1 aromatic rings. The number of esters is 7. The predicted molar refractivity (Wildman–Crippen MR) is 267 cm³/mol. The van der Waals surface area contributed by atoms with E-state index in [1.54, 1.807) is 30.3 Å². The highest BCUT2D eigenvalue weighted by Crippen LogP contribution is 2.14. The molecule has 70 heavy (non-hydrogen) atoms. The number of hydrogen-bond donors (Lipinski definition) is 0. The van der Waals surface area contributed by atoms with Crippen LogP contribution in [0.25, 0.3) is 0 Å². The standard InChI is InChI=1S/C53H89N3O14/c1-50(2,3)67-45(59)26-34-54(35-27-46(60)68-51(4,5)6)30-18-14-20-39-64-43(57)24-32-56(38-41-66-49(63)42-22-16-13-17-23-42)33-25-44(58)65-40-21-15-19-31-55(36-28-47(61)69-52(7,8)9)37-29-48(62)70-53(10,11)12/h13,16-17,22-23H,14-15,18-21,24-41H2,1-12H3. The lowest BCUT2D eigenvalue weighted by molar-refractivity contribution is -0.157. The van der Waals surface area contributed by atoms with Crippen molar-refractivity contribution in [2.24, 2.45) is 0 Å². The van der Waals surface area contributed by atoms with Crippen molar-refractivity contribution < 1.29 is 66.7 Å². The summed E-state index contributed by atoms with van der Waals surface area (Å²) in [7, 11) is 0. The molecule has 0 heterocycles. The molecule has 0 aromatic heterocycles. The van der Waals surface area contributed by atoms with E-state index in [1.165, 1.54) is 0 Å². The van der Waals surface area contributed by atoms with Crippen LogP contribution >= 0.6 is 0 Å². The molecule has 0 unspecified atom stereocenters. The van der Waals surface area contributed by atoms with Gasteiger partial charge in [-0.15, -0.1) is 0 Å². The number of ether oxygens (including phenoxy) is 7. The van der Waals surface area contributed by atoms with Crippen molar-refractivity contribution in [1.82, 2.24) is 14.7 Å². The number of carbonyl (C=O) groups excluding carboxylic acids is 7. The Bertz CT molecular complexity index is 1550. The Morgan fingerprint density at radius 3 is 0.957 bits per heavy atom. The number of carbonyl (C=O) groups is 7. The van der Waals surface area contributed by atoms with Crippen LogP contribution in [-0.4, -0.2) is 158 Å². The lowest BCUT2D eigenvalue weighted by atomic mass is 10.2. The van der Waals surface area contributed by atoms with E-state index >= 15 is 0 Å². The third-order valence-electron chi connectivity index (χ3n) is 9.89. The summed E-state index contributed by atoms with van der Waals surface area (Å²) in [5.74, 6) is -2.47. The molecule has 0 saturated carbocycles. The number of hydrogen-bond acceptors (Lipinski definition) is 17. The molecule has 0 aliphatic heterocycles. The van der Waals surface area contributed by atoms with Crippen molar-refractivity contribution in [1.29, 1.82) is 0 Å². The average Bonchev–Trinajstić information content (AvgIpc) is 3.23. The topological polar surface area (TPSA) is 194 Å². The van der Waals surface area contributed by atoms with E-state index in [0.29, 0.717) is 57.7 Å². The average molecular weight is 992 g/mol. The molecular weight excluding hydrogens is 903 g/mol. The van der Waals surface area contributed by atoms with Crippen LogP contribution in [-0.2, 0) is 61.9 Å². The van der Waals surface area contributed by atoms with Crippen molar-refractivity contribution in [3.8, 4) is 0 Å². The zero-order chi connectivity index (χ0) is 52.8. The van der Waals surface area contributed by atoms with Crippen LogP contribution in [0.1, 0.15) is 170 Å². The Morgan fingerprint density at radius 2 is 0.643 bits per heavy atom. The first-order valence-electron chi connectivity index (χ1n) is 25.2. The van der Waals surface area contributed by atoms with Crippen molar-refractivity contribution in [3.63, 3.8) is 0 Å². The van der Waals surface area contributed by atoms with Crippen molar-refractivity contribution in [3.05, 3.63) is 35.9 Å². The Kier molecular flexibility index (Phi) is 30.0. The van der Waals surface area contributed by atoms with Crippen LogP contribution < -0.4 is 0 Å². The third-order valence-corrected chi connectivity index (χ3v) is 9.89. The number of rotatable bonds is 34. The molecular formula is C53H89N3O14. The van der Waals surface area contributed by atoms with E-state index < -0.39 is 40.3 Å². The van der Waals surface area contributed by atoms with Crippen LogP contribution in [0, 0.1) is 0 Å². The van der Waals surface area contributed by atoms with Crippen LogP contribution in [0.4, 0.5) is 0 Å². The molecule has 0 amide bonds. The molecule has 0 spiro atoms. The molecule has 17 nitrogen and oxygen atoms in total. The lowest BCUT2D eigenvalue weighted by Crippen LogP contribution is -2.33. The molecule has 0 N–H and O–H groups in total. The van der Waals surface area contributed by atoms with E-state index in [-0.39, 0.29) is 102 Å². The van der Waals surface area contributed by atoms with Crippen LogP contribution in [0.15, 0.2) is 30.3 Å². The van der Waals surface area contributed by atoms with Crippen LogP contribution in [0.3, 0.4) is 0 Å². The van der Waals surface area contributed by atoms with Crippen molar-refractivity contribution in [2.45, 2.75) is 183 Å². The maximum Gasteiger partial charge on any atom is 0.338 e. The zero-order valence-electron chi connectivity index (χ0n) is 44.9. The maximum absolute atomic E-state index is 12.8. The first kappa shape index (κ1) is 63.4. The molecule has 0 radical (unpaired) electrons. The van der Waals surface area contributed by atoms with Crippen molar-refractivity contribution >= 4 is 41.8 Å². The first-order chi connectivity index (χ1) is 32.6. The summed E-state index contributed by atoms with van der Waals surface area (Å²) < 4.78 is 38.4. The number of nitrogens with zero attached hydrogens (tertiary/aromatic N) is 3. The molecule has 1 aromatic carbocycles. The summed E-state index contributed by atoms with van der Waals surface area (Å²) in [6.45, 7) is 26.2. The molecule has 1 rings (SSSR count). The Balaban J connectivity index is 2.64. The van der Waals surface area contributed by atoms with Gasteiger partial charge in [0, 0.05) is 45.8 Å². The van der Waals surface area contributed by atoms with Crippen LogP contribution in [0.5, 0.6) is 0 Å². The van der Waals surface area contributed by atoms with Crippen LogP contribution in [0.2, 0.25) is 0 Å². The smallest absolute Gasteiger partial charge is 0.338 e. The van der Waals surface area contributed by atoms with Crippen molar-refractivity contribution in [2.75, 3.05) is 78.7 Å². The highest BCUT2D eigenvalue weighted by atomic mass is 16.6. The monoisotopic (exact) mass is 992 g/mol. The summed E-state index contributed by atoms with van der Waals surface area (Å²) in [6.07, 6.45) is 5.21. The minimum atomic E-state index is -0.587. The van der Waals surface area contributed by atoms with Gasteiger partial charge in [-0.05, 0) is 147 Å². The van der Waals surface area contributed by atoms with Gasteiger partial charge in [0.05, 0.1) is 57.3 Å². The summed E-state index contributed by atoms with van der Waals surface area (Å²) >= 11 is 0. The van der Waals surface area contributed by atoms with Gasteiger partial charge >= 0.3 is 41.8 Å². The molecule has 0 fully saturated rings. The maximum atomic E-state index is 12.8. The quantitative estimate of drug-likeness (QED) is 0.0367. The second kappa shape index (κ2) is 33.1. The molecule has 400 valence electrons.